The highest BCUT2D eigenvalue weighted by Gasteiger charge is 2.22. The minimum Gasteiger partial charge on any atom is -0.380 e. The van der Waals surface area contributed by atoms with Crippen molar-refractivity contribution in [2.75, 3.05) is 30.4 Å². The van der Waals surface area contributed by atoms with Crippen molar-refractivity contribution in [3.05, 3.63) is 59.4 Å². The number of ether oxygens (including phenoxy) is 1. The summed E-state index contributed by atoms with van der Waals surface area (Å²) >= 11 is 0. The number of aryl methyl sites for hydroxylation is 2. The van der Waals surface area contributed by atoms with Crippen LogP contribution >= 0.6 is 0 Å². The van der Waals surface area contributed by atoms with E-state index >= 15 is 0 Å². The zero-order chi connectivity index (χ0) is 18.5. The summed E-state index contributed by atoms with van der Waals surface area (Å²) in [5.41, 5.74) is 3.36. The van der Waals surface area contributed by atoms with Crippen LogP contribution in [0.15, 0.2) is 42.5 Å². The van der Waals surface area contributed by atoms with Gasteiger partial charge < -0.3 is 15.0 Å². The number of nitrogens with one attached hydrogen (secondary N) is 1. The number of nitrogens with zero attached hydrogens (tertiary/aromatic N) is 1. The van der Waals surface area contributed by atoms with E-state index in [-0.39, 0.29) is 11.7 Å². The van der Waals surface area contributed by atoms with Crippen LogP contribution in [0.25, 0.3) is 0 Å². The van der Waals surface area contributed by atoms with Crippen LogP contribution in [0.1, 0.15) is 24.0 Å². The smallest absolute Gasteiger partial charge is 0.224 e. The molecule has 1 N–H and O–H groups in total. The van der Waals surface area contributed by atoms with Crippen molar-refractivity contribution in [1.82, 2.24) is 0 Å². The number of hydrogen-bond acceptors (Lipinski definition) is 3. The number of carbonyl (C=O) groups excluding carboxylic acids is 1. The Kier molecular flexibility index (Phi) is 5.89. The predicted molar refractivity (Wildman–Crippen MR) is 102 cm³/mol. The summed E-state index contributed by atoms with van der Waals surface area (Å²) in [7, 11) is 1.75. The van der Waals surface area contributed by atoms with Crippen LogP contribution in [0.3, 0.4) is 0 Å². The molecule has 0 aromatic heterocycles. The maximum absolute atomic E-state index is 13.6. The van der Waals surface area contributed by atoms with Gasteiger partial charge in [0, 0.05) is 38.0 Å². The molecule has 1 heterocycles. The molecule has 138 valence electrons. The Morgan fingerprint density at radius 3 is 2.69 bits per heavy atom. The molecule has 5 heteroatoms. The SMILES string of the molecule is CO[C@@H]1CCN(c2ccc(NC(=O)CCc3ccc(C)c(F)c3)cc2)C1. The first kappa shape index (κ1) is 18.4. The number of rotatable bonds is 6. The monoisotopic (exact) mass is 356 g/mol. The molecule has 3 rings (SSSR count). The van der Waals surface area contributed by atoms with Gasteiger partial charge in [-0.2, -0.15) is 0 Å². The molecule has 26 heavy (non-hydrogen) atoms. The number of halogens is 1. The molecular formula is C21H25FN2O2. The van der Waals surface area contributed by atoms with Crippen molar-refractivity contribution in [3.63, 3.8) is 0 Å². The summed E-state index contributed by atoms with van der Waals surface area (Å²) in [5.74, 6) is -0.296. The lowest BCUT2D eigenvalue weighted by Gasteiger charge is -2.18. The first-order valence-corrected chi connectivity index (χ1v) is 8.98. The normalized spacial score (nSPS) is 16.7. The van der Waals surface area contributed by atoms with Crippen LogP contribution in [0.5, 0.6) is 0 Å². The number of carbonyl (C=O) groups is 1. The molecule has 2 aromatic carbocycles. The van der Waals surface area contributed by atoms with Gasteiger partial charge in [0.15, 0.2) is 0 Å². The molecule has 1 atom stereocenters. The maximum Gasteiger partial charge on any atom is 0.224 e. The predicted octanol–water partition coefficient (Wildman–Crippen LogP) is 3.93. The quantitative estimate of drug-likeness (QED) is 0.853. The largest absolute Gasteiger partial charge is 0.380 e. The molecule has 1 saturated heterocycles. The lowest BCUT2D eigenvalue weighted by atomic mass is 10.1. The number of benzene rings is 2. The Morgan fingerprint density at radius 1 is 1.27 bits per heavy atom. The lowest BCUT2D eigenvalue weighted by molar-refractivity contribution is -0.116. The van der Waals surface area contributed by atoms with Crippen LogP contribution in [-0.4, -0.2) is 32.2 Å². The number of anilines is 2. The zero-order valence-corrected chi connectivity index (χ0v) is 15.3. The fourth-order valence-corrected chi connectivity index (χ4v) is 3.18. The Labute approximate surface area is 154 Å². The molecule has 1 amide bonds. The van der Waals surface area contributed by atoms with Gasteiger partial charge >= 0.3 is 0 Å². The molecule has 0 bridgehead atoms. The summed E-state index contributed by atoms with van der Waals surface area (Å²) in [6.07, 6.45) is 2.18. The first-order valence-electron chi connectivity index (χ1n) is 8.98. The third-order valence-corrected chi connectivity index (χ3v) is 4.87. The van der Waals surface area contributed by atoms with E-state index in [1.165, 1.54) is 6.07 Å². The van der Waals surface area contributed by atoms with Gasteiger partial charge in [-0.3, -0.25) is 4.79 Å². The van der Waals surface area contributed by atoms with Crippen molar-refractivity contribution in [2.45, 2.75) is 32.3 Å². The average Bonchev–Trinajstić information content (AvgIpc) is 3.12. The Morgan fingerprint density at radius 2 is 2.04 bits per heavy atom. The summed E-state index contributed by atoms with van der Waals surface area (Å²) in [6.45, 7) is 3.61. The zero-order valence-electron chi connectivity index (χ0n) is 15.3. The van der Waals surface area contributed by atoms with E-state index in [9.17, 15) is 9.18 Å². The second-order valence-electron chi connectivity index (χ2n) is 6.77. The molecule has 4 nitrogen and oxygen atoms in total. The van der Waals surface area contributed by atoms with Crippen molar-refractivity contribution in [2.24, 2.45) is 0 Å². The number of hydrogen-bond donors (Lipinski definition) is 1. The van der Waals surface area contributed by atoms with Crippen molar-refractivity contribution in [1.29, 1.82) is 0 Å². The minimum absolute atomic E-state index is 0.0700. The van der Waals surface area contributed by atoms with E-state index in [0.29, 0.717) is 24.5 Å². The molecule has 1 aliphatic heterocycles. The van der Waals surface area contributed by atoms with Gasteiger partial charge in [0.1, 0.15) is 5.82 Å². The van der Waals surface area contributed by atoms with E-state index in [2.05, 4.69) is 10.2 Å². The lowest BCUT2D eigenvalue weighted by Crippen LogP contribution is -2.22. The summed E-state index contributed by atoms with van der Waals surface area (Å²) < 4.78 is 18.9. The molecule has 1 aliphatic rings. The number of methoxy groups -OCH3 is 1. The fourth-order valence-electron chi connectivity index (χ4n) is 3.18. The van der Waals surface area contributed by atoms with Crippen LogP contribution in [-0.2, 0) is 16.0 Å². The van der Waals surface area contributed by atoms with Gasteiger partial charge in [0.2, 0.25) is 5.91 Å². The van der Waals surface area contributed by atoms with Gasteiger partial charge in [-0.05, 0) is 61.2 Å². The van der Waals surface area contributed by atoms with E-state index in [1.807, 2.05) is 30.3 Å². The molecule has 0 spiro atoms. The second kappa shape index (κ2) is 8.32. The van der Waals surface area contributed by atoms with Gasteiger partial charge in [0.05, 0.1) is 6.10 Å². The Balaban J connectivity index is 1.50. The fraction of sp³-hybridized carbons (Fsp3) is 0.381. The third-order valence-electron chi connectivity index (χ3n) is 4.87. The molecular weight excluding hydrogens is 331 g/mol. The molecule has 0 unspecified atom stereocenters. The van der Waals surface area contributed by atoms with Gasteiger partial charge in [-0.1, -0.05) is 12.1 Å². The molecule has 0 saturated carbocycles. The van der Waals surface area contributed by atoms with Crippen LogP contribution < -0.4 is 10.2 Å². The second-order valence-corrected chi connectivity index (χ2v) is 6.77. The summed E-state index contributed by atoms with van der Waals surface area (Å²) in [4.78, 5) is 14.4. The van der Waals surface area contributed by atoms with Crippen molar-refractivity contribution < 1.29 is 13.9 Å². The highest BCUT2D eigenvalue weighted by molar-refractivity contribution is 5.91. The highest BCUT2D eigenvalue weighted by Crippen LogP contribution is 2.23. The summed E-state index contributed by atoms with van der Waals surface area (Å²) in [6, 6.07) is 13.0. The summed E-state index contributed by atoms with van der Waals surface area (Å²) in [5, 5.41) is 2.90. The van der Waals surface area contributed by atoms with Gasteiger partial charge in [-0.25, -0.2) is 4.39 Å². The van der Waals surface area contributed by atoms with E-state index in [1.54, 1.807) is 20.1 Å². The van der Waals surface area contributed by atoms with Crippen LogP contribution in [0, 0.1) is 12.7 Å². The Hall–Kier alpha value is -2.40. The first-order chi connectivity index (χ1) is 12.5. The topological polar surface area (TPSA) is 41.6 Å². The maximum atomic E-state index is 13.6. The standard InChI is InChI=1S/C21H25FN2O2/c1-15-3-4-16(13-20(15)22)5-10-21(25)23-17-6-8-18(9-7-17)24-12-11-19(14-24)26-2/h3-4,6-9,13,19H,5,10-12,14H2,1-2H3,(H,23,25)/t19-/m1/s1. The minimum atomic E-state index is -0.226. The van der Waals surface area contributed by atoms with E-state index in [0.717, 1.165) is 36.4 Å². The third kappa shape index (κ3) is 4.61. The van der Waals surface area contributed by atoms with E-state index < -0.39 is 0 Å². The molecule has 0 aliphatic carbocycles. The van der Waals surface area contributed by atoms with Gasteiger partial charge in [0.25, 0.3) is 0 Å². The molecule has 1 fully saturated rings. The number of amides is 1. The molecule has 2 aromatic rings. The highest BCUT2D eigenvalue weighted by atomic mass is 19.1. The average molecular weight is 356 g/mol. The van der Waals surface area contributed by atoms with Crippen molar-refractivity contribution >= 4 is 17.3 Å². The van der Waals surface area contributed by atoms with Crippen LogP contribution in [0.2, 0.25) is 0 Å². The van der Waals surface area contributed by atoms with Crippen molar-refractivity contribution in [3.8, 4) is 0 Å². The van der Waals surface area contributed by atoms with Gasteiger partial charge in [-0.15, -0.1) is 0 Å². The van der Waals surface area contributed by atoms with Crippen LogP contribution in [0.4, 0.5) is 15.8 Å². The Bertz CT molecular complexity index is 761. The molecule has 0 radical (unpaired) electrons. The van der Waals surface area contributed by atoms with E-state index in [4.69, 9.17) is 4.74 Å².